The molecule has 104 valence electrons. The molecule has 0 bridgehead atoms. The molecule has 1 aliphatic heterocycles. The van der Waals surface area contributed by atoms with E-state index < -0.39 is 0 Å². The van der Waals surface area contributed by atoms with E-state index in [0.717, 1.165) is 37.3 Å². The zero-order valence-corrected chi connectivity index (χ0v) is 11.6. The van der Waals surface area contributed by atoms with E-state index in [4.69, 9.17) is 9.47 Å². The highest BCUT2D eigenvalue weighted by atomic mass is 16.5. The average molecular weight is 261 g/mol. The Morgan fingerprint density at radius 2 is 2.05 bits per heavy atom. The molecule has 1 unspecified atom stereocenters. The minimum Gasteiger partial charge on any atom is -0.497 e. The highest BCUT2D eigenvalue weighted by Crippen LogP contribution is 2.37. The van der Waals surface area contributed by atoms with Crippen LogP contribution in [0.1, 0.15) is 30.7 Å². The Balaban J connectivity index is 1.41. The Morgan fingerprint density at radius 1 is 1.26 bits per heavy atom. The monoisotopic (exact) mass is 261 g/mol. The Morgan fingerprint density at radius 3 is 2.68 bits per heavy atom. The van der Waals surface area contributed by atoms with Gasteiger partial charge in [-0.25, -0.2) is 0 Å². The highest BCUT2D eigenvalue weighted by Gasteiger charge is 2.30. The maximum absolute atomic E-state index is 5.40. The van der Waals surface area contributed by atoms with Gasteiger partial charge in [-0.05, 0) is 48.8 Å². The second-order valence-electron chi connectivity index (χ2n) is 5.78. The van der Waals surface area contributed by atoms with Gasteiger partial charge in [-0.2, -0.15) is 0 Å². The minimum atomic E-state index is 0.702. The van der Waals surface area contributed by atoms with Crippen LogP contribution < -0.4 is 10.1 Å². The molecule has 1 atom stereocenters. The molecule has 1 aliphatic carbocycles. The van der Waals surface area contributed by atoms with Crippen LogP contribution in [0.2, 0.25) is 0 Å². The number of ether oxygens (including phenoxy) is 2. The summed E-state index contributed by atoms with van der Waals surface area (Å²) in [5, 5.41) is 3.68. The standard InChI is InChI=1S/C16H23NO2/c1-18-16-4-2-13(3-5-16)14-8-15(9-14)17-10-12-6-7-19-11-12/h2-5,12,14-15,17H,6-11H2,1H3. The molecular weight excluding hydrogens is 238 g/mol. The molecule has 1 saturated heterocycles. The van der Waals surface area contributed by atoms with Crippen LogP contribution >= 0.6 is 0 Å². The van der Waals surface area contributed by atoms with Crippen LogP contribution in [0.5, 0.6) is 5.75 Å². The fourth-order valence-corrected chi connectivity index (χ4v) is 3.01. The predicted octanol–water partition coefficient (Wildman–Crippen LogP) is 2.57. The molecule has 1 aromatic carbocycles. The number of hydrogen-bond donors (Lipinski definition) is 1. The lowest BCUT2D eigenvalue weighted by atomic mass is 9.76. The molecule has 0 spiro atoms. The third-order valence-corrected chi connectivity index (χ3v) is 4.44. The molecule has 2 aliphatic rings. The Hall–Kier alpha value is -1.06. The lowest BCUT2D eigenvalue weighted by molar-refractivity contribution is 0.182. The van der Waals surface area contributed by atoms with Crippen molar-refractivity contribution in [2.75, 3.05) is 26.9 Å². The lowest BCUT2D eigenvalue weighted by Gasteiger charge is -2.37. The first kappa shape index (κ1) is 12.9. The van der Waals surface area contributed by atoms with Crippen LogP contribution in [-0.4, -0.2) is 32.9 Å². The van der Waals surface area contributed by atoms with Gasteiger partial charge in [0.15, 0.2) is 0 Å². The van der Waals surface area contributed by atoms with Gasteiger partial charge in [-0.1, -0.05) is 12.1 Å². The van der Waals surface area contributed by atoms with Crippen LogP contribution in [0.4, 0.5) is 0 Å². The van der Waals surface area contributed by atoms with Crippen LogP contribution in [-0.2, 0) is 4.74 Å². The topological polar surface area (TPSA) is 30.5 Å². The van der Waals surface area contributed by atoms with E-state index in [1.165, 1.54) is 24.8 Å². The number of benzene rings is 1. The van der Waals surface area contributed by atoms with Gasteiger partial charge in [-0.3, -0.25) is 0 Å². The van der Waals surface area contributed by atoms with Crippen molar-refractivity contribution in [2.45, 2.75) is 31.2 Å². The smallest absolute Gasteiger partial charge is 0.118 e. The van der Waals surface area contributed by atoms with Gasteiger partial charge in [0.05, 0.1) is 13.7 Å². The van der Waals surface area contributed by atoms with Crippen molar-refractivity contribution in [1.82, 2.24) is 5.32 Å². The third-order valence-electron chi connectivity index (χ3n) is 4.44. The van der Waals surface area contributed by atoms with Crippen molar-refractivity contribution in [3.8, 4) is 5.75 Å². The second kappa shape index (κ2) is 5.93. The van der Waals surface area contributed by atoms with E-state index in [9.17, 15) is 0 Å². The van der Waals surface area contributed by atoms with E-state index in [1.807, 2.05) is 0 Å². The van der Waals surface area contributed by atoms with Crippen molar-refractivity contribution in [2.24, 2.45) is 5.92 Å². The first-order valence-electron chi connectivity index (χ1n) is 7.30. The molecule has 1 saturated carbocycles. The largest absolute Gasteiger partial charge is 0.497 e. The predicted molar refractivity (Wildman–Crippen MR) is 75.7 cm³/mol. The van der Waals surface area contributed by atoms with E-state index in [2.05, 4.69) is 29.6 Å². The average Bonchev–Trinajstić information content (AvgIpc) is 2.91. The normalized spacial score (nSPS) is 30.1. The molecule has 0 aromatic heterocycles. The summed E-state index contributed by atoms with van der Waals surface area (Å²) in [6.45, 7) is 3.02. The molecule has 2 fully saturated rings. The Bertz CT molecular complexity index is 392. The molecule has 3 nitrogen and oxygen atoms in total. The van der Waals surface area contributed by atoms with Gasteiger partial charge in [-0.15, -0.1) is 0 Å². The van der Waals surface area contributed by atoms with E-state index in [1.54, 1.807) is 7.11 Å². The SMILES string of the molecule is COc1ccc(C2CC(NCC3CCOC3)C2)cc1. The van der Waals surface area contributed by atoms with Crippen molar-refractivity contribution in [3.05, 3.63) is 29.8 Å². The Kier molecular flexibility index (Phi) is 4.04. The van der Waals surface area contributed by atoms with Crippen molar-refractivity contribution < 1.29 is 9.47 Å². The summed E-state index contributed by atoms with van der Waals surface area (Å²) in [4.78, 5) is 0. The van der Waals surface area contributed by atoms with Crippen molar-refractivity contribution >= 4 is 0 Å². The molecular formula is C16H23NO2. The van der Waals surface area contributed by atoms with Crippen LogP contribution in [0.25, 0.3) is 0 Å². The molecule has 19 heavy (non-hydrogen) atoms. The zero-order chi connectivity index (χ0) is 13.1. The molecule has 0 amide bonds. The zero-order valence-electron chi connectivity index (χ0n) is 11.6. The third kappa shape index (κ3) is 3.10. The van der Waals surface area contributed by atoms with Crippen molar-refractivity contribution in [3.63, 3.8) is 0 Å². The first-order chi connectivity index (χ1) is 9.35. The Labute approximate surface area is 115 Å². The molecule has 1 N–H and O–H groups in total. The maximum Gasteiger partial charge on any atom is 0.118 e. The molecule has 0 radical (unpaired) electrons. The van der Waals surface area contributed by atoms with Gasteiger partial charge in [0.1, 0.15) is 5.75 Å². The number of methoxy groups -OCH3 is 1. The molecule has 1 aromatic rings. The number of hydrogen-bond acceptors (Lipinski definition) is 3. The van der Waals surface area contributed by atoms with Crippen molar-refractivity contribution in [1.29, 1.82) is 0 Å². The van der Waals surface area contributed by atoms with Gasteiger partial charge in [0.25, 0.3) is 0 Å². The van der Waals surface area contributed by atoms with Gasteiger partial charge in [0, 0.05) is 19.2 Å². The molecule has 3 heteroatoms. The summed E-state index contributed by atoms with van der Waals surface area (Å²) in [6.07, 6.45) is 3.75. The fourth-order valence-electron chi connectivity index (χ4n) is 3.01. The molecule has 1 heterocycles. The second-order valence-corrected chi connectivity index (χ2v) is 5.78. The van der Waals surface area contributed by atoms with E-state index >= 15 is 0 Å². The summed E-state index contributed by atoms with van der Waals surface area (Å²) in [5.41, 5.74) is 1.45. The van der Waals surface area contributed by atoms with Crippen LogP contribution in [0, 0.1) is 5.92 Å². The summed E-state index contributed by atoms with van der Waals surface area (Å²) in [5.74, 6) is 2.40. The fraction of sp³-hybridized carbons (Fsp3) is 0.625. The van der Waals surface area contributed by atoms with E-state index in [-0.39, 0.29) is 0 Å². The number of rotatable bonds is 5. The summed E-state index contributed by atoms with van der Waals surface area (Å²) >= 11 is 0. The minimum absolute atomic E-state index is 0.702. The summed E-state index contributed by atoms with van der Waals surface area (Å²) in [7, 11) is 1.71. The quantitative estimate of drug-likeness (QED) is 0.883. The van der Waals surface area contributed by atoms with E-state index in [0.29, 0.717) is 6.04 Å². The van der Waals surface area contributed by atoms with Crippen LogP contribution in [0.3, 0.4) is 0 Å². The number of nitrogens with one attached hydrogen (secondary N) is 1. The first-order valence-corrected chi connectivity index (χ1v) is 7.30. The maximum atomic E-state index is 5.40. The lowest BCUT2D eigenvalue weighted by Crippen LogP contribution is -2.42. The summed E-state index contributed by atoms with van der Waals surface area (Å²) < 4.78 is 10.6. The molecule has 3 rings (SSSR count). The van der Waals surface area contributed by atoms with Crippen LogP contribution in [0.15, 0.2) is 24.3 Å². The van der Waals surface area contributed by atoms with Gasteiger partial charge in [0.2, 0.25) is 0 Å². The summed E-state index contributed by atoms with van der Waals surface area (Å²) in [6, 6.07) is 9.22. The van der Waals surface area contributed by atoms with Gasteiger partial charge < -0.3 is 14.8 Å². The van der Waals surface area contributed by atoms with Gasteiger partial charge >= 0.3 is 0 Å². The highest BCUT2D eigenvalue weighted by molar-refractivity contribution is 5.30.